The van der Waals surface area contributed by atoms with Gasteiger partial charge in [-0.15, -0.1) is 0 Å². The molecule has 3 rings (SSSR count). The van der Waals surface area contributed by atoms with Crippen molar-refractivity contribution in [2.75, 3.05) is 13.2 Å². The van der Waals surface area contributed by atoms with Crippen molar-refractivity contribution < 1.29 is 23.9 Å². The molecule has 2 heterocycles. The quantitative estimate of drug-likeness (QED) is 0.827. The molecule has 1 saturated heterocycles. The van der Waals surface area contributed by atoms with Gasteiger partial charge in [-0.1, -0.05) is 6.07 Å². The maximum Gasteiger partial charge on any atom is 0.495 e. The highest BCUT2D eigenvalue weighted by molar-refractivity contribution is 6.62. The van der Waals surface area contributed by atoms with Crippen LogP contribution < -0.4 is 10.2 Å². The van der Waals surface area contributed by atoms with Crippen molar-refractivity contribution in [3.8, 4) is 5.75 Å². The Labute approximate surface area is 118 Å². The van der Waals surface area contributed by atoms with E-state index in [-0.39, 0.29) is 6.10 Å². The topological polar surface area (TPSA) is 57.2 Å². The number of fused-ring (bicyclic) bond motifs is 1. The molecule has 1 aromatic rings. The van der Waals surface area contributed by atoms with E-state index in [1.165, 1.54) is 0 Å². The van der Waals surface area contributed by atoms with Gasteiger partial charge in [0.1, 0.15) is 18.5 Å². The minimum atomic E-state index is -0.905. The Kier molecular flexibility index (Phi) is 3.50. The van der Waals surface area contributed by atoms with Crippen LogP contribution in [0.5, 0.6) is 5.75 Å². The molecule has 0 amide bonds. The molecule has 20 heavy (non-hydrogen) atoms. The van der Waals surface area contributed by atoms with Crippen molar-refractivity contribution in [3.05, 3.63) is 23.3 Å². The summed E-state index contributed by atoms with van der Waals surface area (Å²) in [5.41, 5.74) is 2.85. The van der Waals surface area contributed by atoms with Gasteiger partial charge in [0.2, 0.25) is 0 Å². The fourth-order valence-corrected chi connectivity index (χ4v) is 2.61. The van der Waals surface area contributed by atoms with Gasteiger partial charge in [-0.3, -0.25) is 0 Å². The Balaban J connectivity index is 1.71. The lowest BCUT2D eigenvalue weighted by Crippen LogP contribution is -2.32. The van der Waals surface area contributed by atoms with E-state index in [0.29, 0.717) is 25.6 Å². The molecule has 0 aromatic heterocycles. The highest BCUT2D eigenvalue weighted by Crippen LogP contribution is 2.25. The molecular weight excluding hydrogens is 259 g/mol. The molecule has 1 aromatic carbocycles. The standard InChI is InChI=1S/C14H19BO5/c1-9-4-5-12(13-11(9)8-19-15(13)16)17-6-10-7-18-14(2,3)20-10/h4-5,10,16H,6-8H2,1-3H3. The number of rotatable bonds is 3. The minimum Gasteiger partial charge on any atom is -0.491 e. The Hall–Kier alpha value is -1.08. The molecule has 1 N–H and O–H groups in total. The van der Waals surface area contributed by atoms with E-state index in [1.54, 1.807) is 0 Å². The lowest BCUT2D eigenvalue weighted by Gasteiger charge is -2.18. The highest BCUT2D eigenvalue weighted by Gasteiger charge is 2.35. The van der Waals surface area contributed by atoms with E-state index in [9.17, 15) is 5.02 Å². The summed E-state index contributed by atoms with van der Waals surface area (Å²) in [6.45, 7) is 7.10. The molecule has 2 aliphatic rings. The summed E-state index contributed by atoms with van der Waals surface area (Å²) in [4.78, 5) is 0. The largest absolute Gasteiger partial charge is 0.495 e. The summed E-state index contributed by atoms with van der Waals surface area (Å²) < 4.78 is 22.3. The van der Waals surface area contributed by atoms with Gasteiger partial charge in [0.15, 0.2) is 5.79 Å². The first-order valence-corrected chi connectivity index (χ1v) is 6.83. The molecule has 0 radical (unpaired) electrons. The summed E-state index contributed by atoms with van der Waals surface area (Å²) in [6.07, 6.45) is -0.0959. The summed E-state index contributed by atoms with van der Waals surface area (Å²) in [5, 5.41) is 9.90. The fraction of sp³-hybridized carbons (Fsp3) is 0.571. The van der Waals surface area contributed by atoms with Crippen LogP contribution in [0.1, 0.15) is 25.0 Å². The molecule has 0 bridgehead atoms. The third-order valence-corrected chi connectivity index (χ3v) is 3.68. The molecular formula is C14H19BO5. The Morgan fingerprint density at radius 1 is 1.45 bits per heavy atom. The second kappa shape index (κ2) is 5.04. The summed E-state index contributed by atoms with van der Waals surface area (Å²) in [7, 11) is -0.905. The van der Waals surface area contributed by atoms with Crippen molar-refractivity contribution in [1.29, 1.82) is 0 Å². The molecule has 1 atom stereocenters. The van der Waals surface area contributed by atoms with Crippen molar-refractivity contribution in [3.63, 3.8) is 0 Å². The molecule has 6 heteroatoms. The van der Waals surface area contributed by atoms with E-state index >= 15 is 0 Å². The summed E-state index contributed by atoms with van der Waals surface area (Å²) >= 11 is 0. The van der Waals surface area contributed by atoms with Gasteiger partial charge in [0, 0.05) is 5.46 Å². The number of aryl methyl sites for hydroxylation is 1. The first-order chi connectivity index (χ1) is 9.46. The van der Waals surface area contributed by atoms with Crippen LogP contribution in [0.15, 0.2) is 12.1 Å². The van der Waals surface area contributed by atoms with Gasteiger partial charge >= 0.3 is 7.12 Å². The third kappa shape index (κ3) is 2.56. The highest BCUT2D eigenvalue weighted by atomic mass is 16.7. The van der Waals surface area contributed by atoms with Gasteiger partial charge < -0.3 is 23.9 Å². The van der Waals surface area contributed by atoms with Gasteiger partial charge in [-0.2, -0.15) is 0 Å². The van der Waals surface area contributed by atoms with E-state index in [4.69, 9.17) is 18.9 Å². The van der Waals surface area contributed by atoms with E-state index in [1.807, 2.05) is 32.9 Å². The molecule has 1 unspecified atom stereocenters. The van der Waals surface area contributed by atoms with Gasteiger partial charge in [0.05, 0.1) is 13.2 Å². The first-order valence-electron chi connectivity index (χ1n) is 6.83. The number of benzene rings is 1. The van der Waals surface area contributed by atoms with Crippen LogP contribution in [0.4, 0.5) is 0 Å². The monoisotopic (exact) mass is 278 g/mol. The average molecular weight is 278 g/mol. The maximum atomic E-state index is 9.90. The van der Waals surface area contributed by atoms with E-state index < -0.39 is 12.9 Å². The molecule has 108 valence electrons. The van der Waals surface area contributed by atoms with Crippen LogP contribution >= 0.6 is 0 Å². The zero-order valence-electron chi connectivity index (χ0n) is 12.0. The smallest absolute Gasteiger partial charge is 0.491 e. The van der Waals surface area contributed by atoms with Crippen LogP contribution in [0.3, 0.4) is 0 Å². The SMILES string of the molecule is Cc1ccc(OCC2COC(C)(C)O2)c2c1COB2O. The van der Waals surface area contributed by atoms with Gasteiger partial charge in [0.25, 0.3) is 0 Å². The lowest BCUT2D eigenvalue weighted by molar-refractivity contribution is -0.141. The molecule has 0 spiro atoms. The van der Waals surface area contributed by atoms with E-state index in [2.05, 4.69) is 0 Å². The Morgan fingerprint density at radius 3 is 2.95 bits per heavy atom. The molecule has 2 aliphatic heterocycles. The lowest BCUT2D eigenvalue weighted by atomic mass is 9.77. The predicted octanol–water partition coefficient (Wildman–Crippen LogP) is 0.743. The van der Waals surface area contributed by atoms with Crippen LogP contribution in [0, 0.1) is 6.92 Å². The van der Waals surface area contributed by atoms with Crippen LogP contribution in [-0.4, -0.2) is 37.2 Å². The number of hydrogen-bond acceptors (Lipinski definition) is 5. The number of hydrogen-bond donors (Lipinski definition) is 1. The second-order valence-electron chi connectivity index (χ2n) is 5.70. The Bertz CT molecular complexity index is 517. The normalized spacial score (nSPS) is 24.0. The van der Waals surface area contributed by atoms with Crippen molar-refractivity contribution in [2.45, 2.75) is 39.3 Å². The van der Waals surface area contributed by atoms with Gasteiger partial charge in [-0.05, 0) is 38.0 Å². The molecule has 1 fully saturated rings. The van der Waals surface area contributed by atoms with Crippen LogP contribution in [0.25, 0.3) is 0 Å². The summed E-state index contributed by atoms with van der Waals surface area (Å²) in [5.74, 6) is 0.107. The Morgan fingerprint density at radius 2 is 2.25 bits per heavy atom. The average Bonchev–Trinajstić information content (AvgIpc) is 2.93. The van der Waals surface area contributed by atoms with Crippen LogP contribution in [0.2, 0.25) is 0 Å². The van der Waals surface area contributed by atoms with Crippen molar-refractivity contribution in [2.24, 2.45) is 0 Å². The first kappa shape index (κ1) is 13.9. The van der Waals surface area contributed by atoms with Crippen molar-refractivity contribution >= 4 is 12.6 Å². The second-order valence-corrected chi connectivity index (χ2v) is 5.70. The van der Waals surface area contributed by atoms with Crippen LogP contribution in [-0.2, 0) is 20.7 Å². The minimum absolute atomic E-state index is 0.0959. The van der Waals surface area contributed by atoms with Crippen molar-refractivity contribution in [1.82, 2.24) is 0 Å². The number of ether oxygens (including phenoxy) is 3. The zero-order chi connectivity index (χ0) is 14.3. The van der Waals surface area contributed by atoms with Gasteiger partial charge in [-0.25, -0.2) is 0 Å². The molecule has 0 saturated carbocycles. The molecule has 0 aliphatic carbocycles. The molecule has 5 nitrogen and oxygen atoms in total. The predicted molar refractivity (Wildman–Crippen MR) is 74.0 cm³/mol. The van der Waals surface area contributed by atoms with E-state index in [0.717, 1.165) is 16.6 Å². The fourth-order valence-electron chi connectivity index (χ4n) is 2.61. The third-order valence-electron chi connectivity index (χ3n) is 3.68. The zero-order valence-corrected chi connectivity index (χ0v) is 12.0. The maximum absolute atomic E-state index is 9.90. The summed E-state index contributed by atoms with van der Waals surface area (Å²) in [6, 6.07) is 3.85.